The van der Waals surface area contributed by atoms with Crippen molar-refractivity contribution in [1.82, 2.24) is 14.5 Å². The Morgan fingerprint density at radius 1 is 1.18 bits per heavy atom. The number of likely N-dealkylation sites (tertiary alicyclic amines) is 1. The summed E-state index contributed by atoms with van der Waals surface area (Å²) in [5.41, 5.74) is 1.21. The predicted molar refractivity (Wildman–Crippen MR) is 150 cm³/mol. The lowest BCUT2D eigenvalue weighted by atomic mass is 9.73. The molecule has 1 saturated heterocycles. The molecular formula is C28H33ClN4O5S. The van der Waals surface area contributed by atoms with Gasteiger partial charge in [-0.25, -0.2) is 8.42 Å². The first-order chi connectivity index (χ1) is 18.3. The van der Waals surface area contributed by atoms with Gasteiger partial charge in [0.05, 0.1) is 29.6 Å². The number of fused-ring (bicyclic) bond motifs is 3. The summed E-state index contributed by atoms with van der Waals surface area (Å²) in [4.78, 5) is 34.6. The lowest BCUT2D eigenvalue weighted by molar-refractivity contribution is -0.150. The Morgan fingerprint density at radius 2 is 1.90 bits per heavy atom. The molecule has 1 spiro atoms. The number of amides is 2. The zero-order valence-corrected chi connectivity index (χ0v) is 23.9. The number of aromatic nitrogens is 2. The Bertz CT molecular complexity index is 1550. The molecular weight excluding hydrogens is 540 g/mol. The zero-order valence-electron chi connectivity index (χ0n) is 22.4. The number of halogens is 1. The van der Waals surface area contributed by atoms with Crippen LogP contribution in [0.1, 0.15) is 44.4 Å². The number of carbonyl (C=O) groups excluding carboxylic acids is 2. The highest BCUT2D eigenvalue weighted by atomic mass is 35.5. The summed E-state index contributed by atoms with van der Waals surface area (Å²) in [6, 6.07) is 9.48. The molecule has 3 aromatic rings. The Kier molecular flexibility index (Phi) is 7.01. The predicted octanol–water partition coefficient (Wildman–Crippen LogP) is 3.30. The van der Waals surface area contributed by atoms with Crippen molar-refractivity contribution in [3.63, 3.8) is 0 Å². The normalized spacial score (nSPS) is 17.3. The minimum atomic E-state index is -3.11. The van der Waals surface area contributed by atoms with Gasteiger partial charge in [0, 0.05) is 53.7 Å². The van der Waals surface area contributed by atoms with Gasteiger partial charge in [0.15, 0.2) is 0 Å². The standard InChI is InChI=1S/C28H33ClN4O5S/c1-27(2,36)25(34)31-12-8-28(9-13-31)22-7-10-30-17-24(22)33(26(28)35)18-21-16-19-15-20(29)5-6-23(19)32(21)11-4-14-39(3,37)38/h5-7,10,15-17,36H,4,8-9,11-14,18H2,1-3H3. The fourth-order valence-electron chi connectivity index (χ4n) is 5.95. The van der Waals surface area contributed by atoms with E-state index in [1.165, 1.54) is 20.1 Å². The maximum atomic E-state index is 14.2. The van der Waals surface area contributed by atoms with Crippen LogP contribution in [0.15, 0.2) is 42.7 Å². The number of aliphatic hydroxyl groups is 1. The molecule has 39 heavy (non-hydrogen) atoms. The van der Waals surface area contributed by atoms with Gasteiger partial charge >= 0.3 is 0 Å². The number of anilines is 1. The molecule has 1 N–H and O–H groups in total. The number of hydrogen-bond acceptors (Lipinski definition) is 6. The van der Waals surface area contributed by atoms with E-state index in [4.69, 9.17) is 11.6 Å². The Morgan fingerprint density at radius 3 is 2.56 bits per heavy atom. The minimum absolute atomic E-state index is 0.0353. The highest BCUT2D eigenvalue weighted by molar-refractivity contribution is 7.90. The summed E-state index contributed by atoms with van der Waals surface area (Å²) in [7, 11) is -3.11. The number of nitrogens with zero attached hydrogens (tertiary/aromatic N) is 4. The van der Waals surface area contributed by atoms with Gasteiger partial charge in [-0.3, -0.25) is 14.6 Å². The molecule has 1 fully saturated rings. The van der Waals surface area contributed by atoms with Crippen molar-refractivity contribution in [2.24, 2.45) is 0 Å². The van der Waals surface area contributed by atoms with Gasteiger partial charge in [0.25, 0.3) is 5.91 Å². The summed E-state index contributed by atoms with van der Waals surface area (Å²) in [5.74, 6) is -0.309. The van der Waals surface area contributed by atoms with E-state index >= 15 is 0 Å². The molecule has 2 aromatic heterocycles. The number of rotatable bonds is 7. The van der Waals surface area contributed by atoms with Gasteiger partial charge < -0.3 is 19.5 Å². The van der Waals surface area contributed by atoms with Crippen LogP contribution in [0.4, 0.5) is 5.69 Å². The molecule has 4 heterocycles. The number of carbonyl (C=O) groups is 2. The van der Waals surface area contributed by atoms with Crippen molar-refractivity contribution in [2.45, 2.75) is 57.2 Å². The quantitative estimate of drug-likeness (QED) is 0.465. The van der Waals surface area contributed by atoms with E-state index in [0.29, 0.717) is 43.9 Å². The maximum absolute atomic E-state index is 14.2. The van der Waals surface area contributed by atoms with Gasteiger partial charge in [0.2, 0.25) is 5.91 Å². The number of benzene rings is 1. The summed E-state index contributed by atoms with van der Waals surface area (Å²) < 4.78 is 25.6. The smallest absolute Gasteiger partial charge is 0.253 e. The Hall–Kier alpha value is -2.95. The number of sulfone groups is 1. The van der Waals surface area contributed by atoms with Crippen molar-refractivity contribution < 1.29 is 23.1 Å². The van der Waals surface area contributed by atoms with Crippen molar-refractivity contribution >= 4 is 49.8 Å². The van der Waals surface area contributed by atoms with Crippen LogP contribution < -0.4 is 4.90 Å². The van der Waals surface area contributed by atoms with E-state index < -0.39 is 20.9 Å². The van der Waals surface area contributed by atoms with Crippen LogP contribution in [0.3, 0.4) is 0 Å². The Labute approximate surface area is 233 Å². The third-order valence-corrected chi connectivity index (χ3v) is 9.12. The molecule has 5 rings (SSSR count). The molecule has 2 amide bonds. The monoisotopic (exact) mass is 572 g/mol. The first kappa shape index (κ1) is 27.6. The molecule has 11 heteroatoms. The first-order valence-electron chi connectivity index (χ1n) is 13.0. The zero-order chi connectivity index (χ0) is 28.2. The summed E-state index contributed by atoms with van der Waals surface area (Å²) in [6.45, 7) is 4.46. The molecule has 0 saturated carbocycles. The molecule has 1 aromatic carbocycles. The van der Waals surface area contributed by atoms with Crippen molar-refractivity contribution in [2.75, 3.05) is 30.0 Å². The van der Waals surface area contributed by atoms with Crippen LogP contribution >= 0.6 is 11.6 Å². The minimum Gasteiger partial charge on any atom is -0.381 e. The van der Waals surface area contributed by atoms with Crippen LogP contribution in [-0.4, -0.2) is 70.5 Å². The molecule has 0 aliphatic carbocycles. The lowest BCUT2D eigenvalue weighted by Crippen LogP contribution is -2.53. The topological polar surface area (TPSA) is 113 Å². The fourth-order valence-corrected chi connectivity index (χ4v) is 6.78. The van der Waals surface area contributed by atoms with Crippen LogP contribution in [0.5, 0.6) is 0 Å². The highest BCUT2D eigenvalue weighted by Gasteiger charge is 2.53. The van der Waals surface area contributed by atoms with Crippen molar-refractivity contribution in [1.29, 1.82) is 0 Å². The average molecular weight is 573 g/mol. The molecule has 2 aliphatic heterocycles. The van der Waals surface area contributed by atoms with Crippen LogP contribution in [-0.2, 0) is 37.9 Å². The molecule has 9 nitrogen and oxygen atoms in total. The fraction of sp³-hybridized carbons (Fsp3) is 0.464. The van der Waals surface area contributed by atoms with E-state index in [1.54, 1.807) is 28.3 Å². The van der Waals surface area contributed by atoms with E-state index in [1.807, 2.05) is 24.3 Å². The SMILES string of the molecule is CC(C)(O)C(=O)N1CCC2(CC1)C(=O)N(Cc1cc3cc(Cl)ccc3n1CCCS(C)(=O)=O)c1cnccc12. The Balaban J connectivity index is 1.47. The van der Waals surface area contributed by atoms with Crippen LogP contribution in [0, 0.1) is 0 Å². The molecule has 0 atom stereocenters. The third kappa shape index (κ3) is 5.17. The lowest BCUT2D eigenvalue weighted by Gasteiger charge is -2.40. The summed E-state index contributed by atoms with van der Waals surface area (Å²) >= 11 is 6.26. The maximum Gasteiger partial charge on any atom is 0.253 e. The number of piperidine rings is 1. The van der Waals surface area contributed by atoms with E-state index in [0.717, 1.165) is 27.8 Å². The van der Waals surface area contributed by atoms with Gasteiger partial charge in [-0.1, -0.05) is 11.6 Å². The second-order valence-electron chi connectivity index (χ2n) is 11.2. The van der Waals surface area contributed by atoms with Crippen molar-refractivity contribution in [3.05, 3.63) is 59.0 Å². The van der Waals surface area contributed by atoms with Gasteiger partial charge in [-0.15, -0.1) is 0 Å². The van der Waals surface area contributed by atoms with Gasteiger partial charge in [-0.2, -0.15) is 0 Å². The van der Waals surface area contributed by atoms with Crippen LogP contribution in [0.25, 0.3) is 10.9 Å². The first-order valence-corrected chi connectivity index (χ1v) is 15.5. The van der Waals surface area contributed by atoms with Gasteiger partial charge in [0.1, 0.15) is 15.4 Å². The average Bonchev–Trinajstić information content (AvgIpc) is 3.31. The molecule has 0 radical (unpaired) electrons. The third-order valence-electron chi connectivity index (χ3n) is 7.85. The van der Waals surface area contributed by atoms with E-state index in [2.05, 4.69) is 9.55 Å². The van der Waals surface area contributed by atoms with E-state index in [-0.39, 0.29) is 24.1 Å². The number of hydrogen-bond donors (Lipinski definition) is 1. The van der Waals surface area contributed by atoms with Crippen LogP contribution in [0.2, 0.25) is 5.02 Å². The summed E-state index contributed by atoms with van der Waals surface area (Å²) in [6.07, 6.45) is 5.98. The largest absolute Gasteiger partial charge is 0.381 e. The van der Waals surface area contributed by atoms with E-state index in [9.17, 15) is 23.1 Å². The molecule has 208 valence electrons. The molecule has 0 unspecified atom stereocenters. The number of pyridine rings is 1. The molecule has 2 aliphatic rings. The van der Waals surface area contributed by atoms with Crippen molar-refractivity contribution in [3.8, 4) is 0 Å². The van der Waals surface area contributed by atoms with Gasteiger partial charge in [-0.05, 0) is 69.0 Å². The highest BCUT2D eigenvalue weighted by Crippen LogP contribution is 2.48. The second kappa shape index (κ2) is 9.91. The molecule has 0 bridgehead atoms. The number of aryl methyl sites for hydroxylation is 1. The summed E-state index contributed by atoms with van der Waals surface area (Å²) in [5, 5.41) is 11.7. The second-order valence-corrected chi connectivity index (χ2v) is 13.9.